The number of carbonyl (C=O) groups is 1. The summed E-state index contributed by atoms with van der Waals surface area (Å²) in [5.74, 6) is 0.461. The lowest BCUT2D eigenvalue weighted by molar-refractivity contribution is 0.0799. The zero-order valence-corrected chi connectivity index (χ0v) is 18.4. The van der Waals surface area contributed by atoms with Crippen molar-refractivity contribution in [3.8, 4) is 5.75 Å². The second kappa shape index (κ2) is 11.3. The van der Waals surface area contributed by atoms with Crippen LogP contribution in [0.5, 0.6) is 5.75 Å². The quantitative estimate of drug-likeness (QED) is 0.615. The lowest BCUT2D eigenvalue weighted by Gasteiger charge is -2.36. The number of piperidine rings is 1. The van der Waals surface area contributed by atoms with Gasteiger partial charge in [-0.1, -0.05) is 17.7 Å². The predicted octanol–water partition coefficient (Wildman–Crippen LogP) is 3.59. The molecule has 0 saturated carbocycles. The maximum Gasteiger partial charge on any atom is 0.251 e. The number of pyridine rings is 1. The molecule has 0 unspecified atom stereocenters. The number of likely N-dealkylation sites (tertiary alicyclic amines) is 1. The van der Waals surface area contributed by atoms with Crippen LogP contribution in [0.2, 0.25) is 5.02 Å². The molecule has 0 bridgehead atoms. The van der Waals surface area contributed by atoms with E-state index in [1.165, 1.54) is 5.56 Å². The van der Waals surface area contributed by atoms with Crippen LogP contribution >= 0.6 is 11.6 Å². The predicted molar refractivity (Wildman–Crippen MR) is 118 cm³/mol. The molecule has 1 aromatic carbocycles. The Kier molecular flexibility index (Phi) is 8.49. The highest BCUT2D eigenvalue weighted by Gasteiger charge is 2.24. The lowest BCUT2D eigenvalue weighted by Crippen LogP contribution is -2.43. The number of ether oxygens (including phenoxy) is 2. The summed E-state index contributed by atoms with van der Waals surface area (Å²) >= 11 is 6.38. The Morgan fingerprint density at radius 2 is 2.13 bits per heavy atom. The molecule has 162 valence electrons. The van der Waals surface area contributed by atoms with Crippen LogP contribution < -0.4 is 10.1 Å². The zero-order chi connectivity index (χ0) is 21.3. The van der Waals surface area contributed by atoms with Crippen LogP contribution in [0.15, 0.2) is 42.7 Å². The third-order valence-electron chi connectivity index (χ3n) is 5.43. The number of hydrogen-bond acceptors (Lipinski definition) is 5. The van der Waals surface area contributed by atoms with Crippen LogP contribution in [0.25, 0.3) is 0 Å². The molecule has 1 saturated heterocycles. The smallest absolute Gasteiger partial charge is 0.251 e. The van der Waals surface area contributed by atoms with E-state index in [1.54, 1.807) is 25.3 Å². The van der Waals surface area contributed by atoms with Crippen molar-refractivity contribution >= 4 is 17.5 Å². The second-order valence-corrected chi connectivity index (χ2v) is 8.07. The minimum Gasteiger partial charge on any atom is -0.489 e. The first kappa shape index (κ1) is 22.5. The molecule has 7 heteroatoms. The number of nitrogens with one attached hydrogen (secondary N) is 1. The van der Waals surface area contributed by atoms with Crippen LogP contribution in [0.3, 0.4) is 0 Å². The van der Waals surface area contributed by atoms with Crippen molar-refractivity contribution in [1.82, 2.24) is 15.2 Å². The topological polar surface area (TPSA) is 63.7 Å². The summed E-state index contributed by atoms with van der Waals surface area (Å²) in [5.41, 5.74) is 1.78. The summed E-state index contributed by atoms with van der Waals surface area (Å²) in [5, 5.41) is 3.25. The Balaban J connectivity index is 1.48. The van der Waals surface area contributed by atoms with Crippen LogP contribution in [0, 0.1) is 0 Å². The number of methoxy groups -OCH3 is 1. The first-order valence-electron chi connectivity index (χ1n) is 10.4. The number of aromatic nitrogens is 1. The minimum atomic E-state index is -0.170. The molecule has 2 heterocycles. The molecule has 0 aliphatic carbocycles. The van der Waals surface area contributed by atoms with Gasteiger partial charge in [0, 0.05) is 50.7 Å². The summed E-state index contributed by atoms with van der Waals surface area (Å²) in [6.07, 6.45) is 6.78. The summed E-state index contributed by atoms with van der Waals surface area (Å²) in [6, 6.07) is 9.77. The normalized spacial score (nSPS) is 16.2. The van der Waals surface area contributed by atoms with Gasteiger partial charge in [0.15, 0.2) is 0 Å². The van der Waals surface area contributed by atoms with Gasteiger partial charge < -0.3 is 19.7 Å². The van der Waals surface area contributed by atoms with Crippen molar-refractivity contribution in [2.24, 2.45) is 0 Å². The Labute approximate surface area is 183 Å². The van der Waals surface area contributed by atoms with Gasteiger partial charge in [0.2, 0.25) is 0 Å². The maximum absolute atomic E-state index is 12.1. The van der Waals surface area contributed by atoms with Gasteiger partial charge in [-0.2, -0.15) is 0 Å². The average molecular weight is 432 g/mol. The Bertz CT molecular complexity index is 811. The van der Waals surface area contributed by atoms with Gasteiger partial charge in [-0.05, 0) is 56.0 Å². The molecule has 30 heavy (non-hydrogen) atoms. The Hall–Kier alpha value is -2.15. The number of nitrogens with zero attached hydrogens (tertiary/aromatic N) is 2. The van der Waals surface area contributed by atoms with Crippen LogP contribution in [0.4, 0.5) is 0 Å². The molecule has 1 amide bonds. The van der Waals surface area contributed by atoms with E-state index in [2.05, 4.69) is 28.2 Å². The first-order chi connectivity index (χ1) is 14.6. The second-order valence-electron chi connectivity index (χ2n) is 7.66. The number of benzene rings is 1. The van der Waals surface area contributed by atoms with E-state index in [1.807, 2.05) is 18.5 Å². The minimum absolute atomic E-state index is 0.130. The van der Waals surface area contributed by atoms with Gasteiger partial charge in [-0.3, -0.25) is 9.78 Å². The first-order valence-corrected chi connectivity index (χ1v) is 10.8. The molecule has 1 fully saturated rings. The molecule has 1 N–H and O–H groups in total. The van der Waals surface area contributed by atoms with Crippen LogP contribution in [-0.4, -0.2) is 61.3 Å². The summed E-state index contributed by atoms with van der Waals surface area (Å²) < 4.78 is 11.1. The van der Waals surface area contributed by atoms with Crippen LogP contribution in [-0.2, 0) is 11.2 Å². The van der Waals surface area contributed by atoms with Crippen molar-refractivity contribution in [3.05, 3.63) is 58.9 Å². The molecule has 2 aromatic rings. The van der Waals surface area contributed by atoms with E-state index in [9.17, 15) is 4.79 Å². The standard InChI is InChI=1S/C23H30ClN3O3/c1-17(14-18-4-3-9-25-16-18)27-11-7-20(8-12-27)30-22-6-5-19(15-21(22)24)23(28)26-10-13-29-2/h3-6,9,15-17,20H,7-8,10-14H2,1-2H3,(H,26,28)/t17-/m1/s1. The molecular formula is C23H30ClN3O3. The van der Waals surface area contributed by atoms with Gasteiger partial charge in [0.1, 0.15) is 11.9 Å². The third kappa shape index (κ3) is 6.42. The van der Waals surface area contributed by atoms with Crippen molar-refractivity contribution < 1.29 is 14.3 Å². The highest BCUT2D eigenvalue weighted by molar-refractivity contribution is 6.32. The lowest BCUT2D eigenvalue weighted by atomic mass is 10.0. The van der Waals surface area contributed by atoms with Crippen molar-refractivity contribution in [1.29, 1.82) is 0 Å². The molecule has 0 spiro atoms. The Morgan fingerprint density at radius 3 is 2.80 bits per heavy atom. The summed E-state index contributed by atoms with van der Waals surface area (Å²) in [6.45, 7) is 5.18. The molecule has 1 aromatic heterocycles. The van der Waals surface area contributed by atoms with Gasteiger partial charge >= 0.3 is 0 Å². The molecule has 1 aliphatic heterocycles. The monoisotopic (exact) mass is 431 g/mol. The fourth-order valence-electron chi connectivity index (χ4n) is 3.71. The molecule has 1 atom stereocenters. The Morgan fingerprint density at radius 1 is 1.33 bits per heavy atom. The SMILES string of the molecule is COCCNC(=O)c1ccc(OC2CCN([C@H](C)Cc3cccnc3)CC2)c(Cl)c1. The highest BCUT2D eigenvalue weighted by Crippen LogP contribution is 2.29. The number of amides is 1. The van der Waals surface area contributed by atoms with Gasteiger partial charge in [0.25, 0.3) is 5.91 Å². The maximum atomic E-state index is 12.1. The van der Waals surface area contributed by atoms with E-state index >= 15 is 0 Å². The van der Waals surface area contributed by atoms with E-state index in [-0.39, 0.29) is 12.0 Å². The van der Waals surface area contributed by atoms with Gasteiger partial charge in [-0.15, -0.1) is 0 Å². The van der Waals surface area contributed by atoms with Gasteiger partial charge in [-0.25, -0.2) is 0 Å². The fourth-order valence-corrected chi connectivity index (χ4v) is 3.93. The molecule has 1 aliphatic rings. The van der Waals surface area contributed by atoms with Crippen LogP contribution in [0.1, 0.15) is 35.7 Å². The highest BCUT2D eigenvalue weighted by atomic mass is 35.5. The molecule has 0 radical (unpaired) electrons. The van der Waals surface area contributed by atoms with Crippen molar-refractivity contribution in [3.63, 3.8) is 0 Å². The zero-order valence-electron chi connectivity index (χ0n) is 17.6. The number of halogens is 1. The molecule has 6 nitrogen and oxygen atoms in total. The average Bonchev–Trinajstić information content (AvgIpc) is 2.76. The number of carbonyl (C=O) groups excluding carboxylic acids is 1. The number of hydrogen-bond donors (Lipinski definition) is 1. The van der Waals surface area contributed by atoms with Gasteiger partial charge in [0.05, 0.1) is 11.6 Å². The van der Waals surface area contributed by atoms with E-state index in [4.69, 9.17) is 21.1 Å². The van der Waals surface area contributed by atoms with Crippen molar-refractivity contribution in [2.75, 3.05) is 33.4 Å². The summed E-state index contributed by atoms with van der Waals surface area (Å²) in [7, 11) is 1.60. The summed E-state index contributed by atoms with van der Waals surface area (Å²) in [4.78, 5) is 18.8. The fraction of sp³-hybridized carbons (Fsp3) is 0.478. The van der Waals surface area contributed by atoms with E-state index < -0.39 is 0 Å². The molecular weight excluding hydrogens is 402 g/mol. The third-order valence-corrected chi connectivity index (χ3v) is 5.73. The van der Waals surface area contributed by atoms with Crippen molar-refractivity contribution in [2.45, 2.75) is 38.3 Å². The number of rotatable bonds is 9. The van der Waals surface area contributed by atoms with E-state index in [0.717, 1.165) is 32.4 Å². The largest absolute Gasteiger partial charge is 0.489 e. The molecule has 3 rings (SSSR count). The van der Waals surface area contributed by atoms with E-state index in [0.29, 0.717) is 35.5 Å².